The lowest BCUT2D eigenvalue weighted by atomic mass is 9.67. The molecular formula is C27H32Cl2N2O5S. The number of carboxylic acids is 1. The van der Waals surface area contributed by atoms with Crippen LogP contribution < -0.4 is 4.72 Å². The Bertz CT molecular complexity index is 1270. The van der Waals surface area contributed by atoms with E-state index in [4.69, 9.17) is 23.2 Å². The van der Waals surface area contributed by atoms with Crippen molar-refractivity contribution in [2.24, 2.45) is 11.3 Å². The van der Waals surface area contributed by atoms with Crippen LogP contribution in [0.5, 0.6) is 0 Å². The van der Waals surface area contributed by atoms with Crippen LogP contribution in [0, 0.1) is 11.3 Å². The van der Waals surface area contributed by atoms with E-state index in [1.165, 1.54) is 0 Å². The molecule has 2 aromatic rings. The number of amides is 1. The molecule has 1 amide bonds. The highest BCUT2D eigenvalue weighted by Gasteiger charge is 2.54. The fourth-order valence-electron chi connectivity index (χ4n) is 5.53. The van der Waals surface area contributed by atoms with E-state index in [9.17, 15) is 23.1 Å². The van der Waals surface area contributed by atoms with Crippen molar-refractivity contribution in [3.63, 3.8) is 0 Å². The number of aliphatic carboxylic acids is 1. The number of piperidine rings is 1. The number of nitrogens with zero attached hydrogens (tertiary/aromatic N) is 1. The zero-order chi connectivity index (χ0) is 27.0. The third-order valence-corrected chi connectivity index (χ3v) is 9.40. The van der Waals surface area contributed by atoms with E-state index in [1.54, 1.807) is 36.9 Å². The van der Waals surface area contributed by atoms with Gasteiger partial charge in [0.15, 0.2) is 0 Å². The minimum absolute atomic E-state index is 0.0686. The van der Waals surface area contributed by atoms with Crippen molar-refractivity contribution in [1.29, 1.82) is 0 Å². The van der Waals surface area contributed by atoms with Crippen LogP contribution in [0.4, 0.5) is 0 Å². The summed E-state index contributed by atoms with van der Waals surface area (Å²) in [6.07, 6.45) is 1.71. The molecule has 1 saturated carbocycles. The minimum Gasteiger partial charge on any atom is -0.481 e. The normalized spacial score (nSPS) is 25.2. The van der Waals surface area contributed by atoms with E-state index < -0.39 is 33.5 Å². The molecule has 1 aliphatic heterocycles. The lowest BCUT2D eigenvalue weighted by molar-refractivity contribution is -0.161. The van der Waals surface area contributed by atoms with Crippen molar-refractivity contribution in [3.8, 4) is 0 Å². The van der Waals surface area contributed by atoms with E-state index in [0.717, 1.165) is 24.0 Å². The van der Waals surface area contributed by atoms with Gasteiger partial charge in [0.05, 0.1) is 23.6 Å². The predicted molar refractivity (Wildman–Crippen MR) is 144 cm³/mol. The van der Waals surface area contributed by atoms with Crippen molar-refractivity contribution < 1.29 is 23.1 Å². The van der Waals surface area contributed by atoms with Gasteiger partial charge in [-0.1, -0.05) is 54.4 Å². The van der Waals surface area contributed by atoms with E-state index in [1.807, 2.05) is 30.3 Å². The third-order valence-electron chi connectivity index (χ3n) is 7.55. The van der Waals surface area contributed by atoms with Crippen LogP contribution in [-0.4, -0.2) is 48.6 Å². The summed E-state index contributed by atoms with van der Waals surface area (Å²) in [6.45, 7) is 3.34. The number of carbonyl (C=O) groups excluding carboxylic acids is 1. The molecule has 0 bridgehead atoms. The summed E-state index contributed by atoms with van der Waals surface area (Å²) < 4.78 is 27.4. The number of carbonyl (C=O) groups is 2. The molecule has 0 spiro atoms. The van der Waals surface area contributed by atoms with Gasteiger partial charge in [0, 0.05) is 28.5 Å². The summed E-state index contributed by atoms with van der Waals surface area (Å²) in [5.74, 6) is -1.56. The Kier molecular flexibility index (Phi) is 8.24. The van der Waals surface area contributed by atoms with Crippen molar-refractivity contribution in [2.75, 3.05) is 12.3 Å². The molecule has 2 N–H and O–H groups in total. The minimum atomic E-state index is -3.50. The summed E-state index contributed by atoms with van der Waals surface area (Å²) in [6, 6.07) is 13.8. The van der Waals surface area contributed by atoms with Crippen molar-refractivity contribution in [1.82, 2.24) is 9.62 Å². The summed E-state index contributed by atoms with van der Waals surface area (Å²) in [5, 5.41) is 10.9. The van der Waals surface area contributed by atoms with Gasteiger partial charge in [0.2, 0.25) is 15.9 Å². The molecule has 10 heteroatoms. The fraction of sp³-hybridized carbons (Fsp3) is 0.481. The van der Waals surface area contributed by atoms with Crippen molar-refractivity contribution in [3.05, 3.63) is 69.7 Å². The fourth-order valence-corrected chi connectivity index (χ4v) is 6.49. The first-order chi connectivity index (χ1) is 17.4. The first kappa shape index (κ1) is 27.9. The Labute approximate surface area is 228 Å². The highest BCUT2D eigenvalue weighted by atomic mass is 35.5. The van der Waals surface area contributed by atoms with Crippen molar-refractivity contribution in [2.45, 2.75) is 57.5 Å². The Hall–Kier alpha value is -2.13. The molecule has 0 radical (unpaired) electrons. The summed E-state index contributed by atoms with van der Waals surface area (Å²) in [4.78, 5) is 28.0. The standard InChI is InChI=1S/C27H32Cl2N2O5S/c1-3-37(35,36)30-16-23(17-7-8-17)31-25(18-9-11-20(28)12-10-18)22(19-5-4-6-21(29)13-19)14-27(2,26(31)34)15-24(32)33/h4-6,9-13,17,22-23,25,30H,3,7-8,14-16H2,1-2H3,(H,32,33)/t22?,23?,25-,27-/m1/s1. The second-order valence-electron chi connectivity index (χ2n) is 10.4. The van der Waals surface area contributed by atoms with Gasteiger partial charge in [0.1, 0.15) is 0 Å². The zero-order valence-corrected chi connectivity index (χ0v) is 23.2. The van der Waals surface area contributed by atoms with Gasteiger partial charge < -0.3 is 10.0 Å². The molecule has 2 unspecified atom stereocenters. The van der Waals surface area contributed by atoms with Crippen LogP contribution in [0.3, 0.4) is 0 Å². The molecule has 200 valence electrons. The number of benzene rings is 2. The molecule has 2 aliphatic rings. The molecule has 37 heavy (non-hydrogen) atoms. The molecule has 0 aromatic heterocycles. The van der Waals surface area contributed by atoms with Gasteiger partial charge in [-0.2, -0.15) is 0 Å². The molecule has 4 rings (SSSR count). The van der Waals surface area contributed by atoms with Crippen LogP contribution in [0.1, 0.15) is 62.6 Å². The highest BCUT2D eigenvalue weighted by molar-refractivity contribution is 7.89. The predicted octanol–water partition coefficient (Wildman–Crippen LogP) is 5.25. The molecule has 1 saturated heterocycles. The van der Waals surface area contributed by atoms with E-state index >= 15 is 0 Å². The first-order valence-corrected chi connectivity index (χ1v) is 14.9. The molecule has 2 aromatic carbocycles. The number of likely N-dealkylation sites (tertiary alicyclic amines) is 1. The van der Waals surface area contributed by atoms with Gasteiger partial charge in [-0.15, -0.1) is 0 Å². The number of halogens is 2. The van der Waals surface area contributed by atoms with Gasteiger partial charge in [-0.25, -0.2) is 13.1 Å². The second-order valence-corrected chi connectivity index (χ2v) is 13.3. The maximum Gasteiger partial charge on any atom is 0.304 e. The third kappa shape index (κ3) is 6.30. The summed E-state index contributed by atoms with van der Waals surface area (Å²) in [7, 11) is -3.50. The number of rotatable bonds is 10. The molecule has 7 nitrogen and oxygen atoms in total. The molecule has 4 atom stereocenters. The molecular weight excluding hydrogens is 535 g/mol. The smallest absolute Gasteiger partial charge is 0.304 e. The lowest BCUT2D eigenvalue weighted by Gasteiger charge is -2.52. The maximum atomic E-state index is 14.3. The Balaban J connectivity index is 1.88. The number of nitrogens with one attached hydrogen (secondary N) is 1. The number of hydrogen-bond acceptors (Lipinski definition) is 4. The summed E-state index contributed by atoms with van der Waals surface area (Å²) >= 11 is 12.6. The van der Waals surface area contributed by atoms with Gasteiger partial charge >= 0.3 is 5.97 Å². The average molecular weight is 568 g/mol. The van der Waals surface area contributed by atoms with Crippen LogP contribution >= 0.6 is 23.2 Å². The van der Waals surface area contributed by atoms with Gasteiger partial charge in [-0.3, -0.25) is 9.59 Å². The molecule has 2 fully saturated rings. The Morgan fingerprint density at radius 2 is 1.81 bits per heavy atom. The highest BCUT2D eigenvalue weighted by Crippen LogP contribution is 2.53. The van der Waals surface area contributed by atoms with Crippen molar-refractivity contribution >= 4 is 45.1 Å². The van der Waals surface area contributed by atoms with E-state index in [-0.39, 0.29) is 36.5 Å². The topological polar surface area (TPSA) is 104 Å². The first-order valence-electron chi connectivity index (χ1n) is 12.5. The lowest BCUT2D eigenvalue weighted by Crippen LogP contribution is -2.59. The summed E-state index contributed by atoms with van der Waals surface area (Å²) in [5.41, 5.74) is 0.563. The van der Waals surface area contributed by atoms with Gasteiger partial charge in [-0.05, 0) is 67.5 Å². The average Bonchev–Trinajstić information content (AvgIpc) is 3.67. The molecule has 1 aliphatic carbocycles. The van der Waals surface area contributed by atoms with Gasteiger partial charge in [0.25, 0.3) is 0 Å². The Morgan fingerprint density at radius 1 is 1.14 bits per heavy atom. The second kappa shape index (κ2) is 10.9. The number of sulfonamides is 1. The SMILES string of the molecule is CCS(=O)(=O)NCC(C1CC1)N1C(=O)[C@@](C)(CC(=O)O)CC(c2cccc(Cl)c2)[C@H]1c1ccc(Cl)cc1. The number of hydrogen-bond donors (Lipinski definition) is 2. The van der Waals surface area contributed by atoms with E-state index in [0.29, 0.717) is 16.5 Å². The largest absolute Gasteiger partial charge is 0.481 e. The van der Waals surface area contributed by atoms with E-state index in [2.05, 4.69) is 4.72 Å². The van der Waals surface area contributed by atoms with Crippen LogP contribution in [0.15, 0.2) is 48.5 Å². The monoisotopic (exact) mass is 566 g/mol. The quantitative estimate of drug-likeness (QED) is 0.408. The van der Waals surface area contributed by atoms with Crippen LogP contribution in [0.2, 0.25) is 10.0 Å². The zero-order valence-electron chi connectivity index (χ0n) is 20.9. The maximum absolute atomic E-state index is 14.3. The van der Waals surface area contributed by atoms with Crippen LogP contribution in [0.25, 0.3) is 0 Å². The number of carboxylic acid groups (broad SMARTS) is 1. The Morgan fingerprint density at radius 3 is 2.38 bits per heavy atom. The van der Waals surface area contributed by atoms with Crippen LogP contribution in [-0.2, 0) is 19.6 Å². The molecule has 1 heterocycles.